The van der Waals surface area contributed by atoms with Gasteiger partial charge >= 0.3 is 0 Å². The van der Waals surface area contributed by atoms with Crippen LogP contribution in [0.4, 0.5) is 0 Å². The van der Waals surface area contributed by atoms with E-state index in [2.05, 4.69) is 37.8 Å². The lowest BCUT2D eigenvalue weighted by Gasteiger charge is -2.21. The smallest absolute Gasteiger partial charge is 0.125 e. The van der Waals surface area contributed by atoms with Crippen LogP contribution in [0, 0.1) is 0 Å². The first-order chi connectivity index (χ1) is 5.49. The Hall–Kier alpha value is -1.05. The van der Waals surface area contributed by atoms with E-state index in [1.54, 1.807) is 0 Å². The standard InChI is InChI=1S/C10H18N2/c1-6-7-8-9(11-5)12-10(2,3)4/h6-8,12H,5H2,1-4H3/b7-6-,9-8+. The molecule has 0 aliphatic rings. The molecule has 0 bridgehead atoms. The molecule has 0 saturated carbocycles. The van der Waals surface area contributed by atoms with Gasteiger partial charge in [0.1, 0.15) is 5.82 Å². The third-order valence-electron chi connectivity index (χ3n) is 1.12. The van der Waals surface area contributed by atoms with Crippen molar-refractivity contribution < 1.29 is 0 Å². The fourth-order valence-corrected chi connectivity index (χ4v) is 0.705. The Morgan fingerprint density at radius 1 is 1.42 bits per heavy atom. The summed E-state index contributed by atoms with van der Waals surface area (Å²) in [6, 6.07) is 0. The first kappa shape index (κ1) is 11.0. The number of nitrogens with zero attached hydrogens (tertiary/aromatic N) is 1. The van der Waals surface area contributed by atoms with E-state index >= 15 is 0 Å². The number of nitrogens with one attached hydrogen (secondary N) is 1. The van der Waals surface area contributed by atoms with Gasteiger partial charge in [-0.15, -0.1) is 0 Å². The maximum Gasteiger partial charge on any atom is 0.125 e. The molecule has 0 saturated heterocycles. The molecule has 12 heavy (non-hydrogen) atoms. The highest BCUT2D eigenvalue weighted by molar-refractivity contribution is 5.29. The summed E-state index contributed by atoms with van der Waals surface area (Å²) in [7, 11) is 0. The quantitative estimate of drug-likeness (QED) is 0.505. The molecule has 2 heteroatoms. The Bertz CT molecular complexity index is 194. The SMILES string of the molecule is C=N/C(=C\C=C/C)NC(C)(C)C. The molecule has 0 fully saturated rings. The summed E-state index contributed by atoms with van der Waals surface area (Å²) in [5.74, 6) is 0.806. The van der Waals surface area contributed by atoms with Gasteiger partial charge < -0.3 is 5.32 Å². The lowest BCUT2D eigenvalue weighted by atomic mass is 10.1. The van der Waals surface area contributed by atoms with E-state index in [9.17, 15) is 0 Å². The molecule has 2 nitrogen and oxygen atoms in total. The molecule has 0 aliphatic carbocycles. The summed E-state index contributed by atoms with van der Waals surface area (Å²) in [6.45, 7) is 11.7. The largest absolute Gasteiger partial charge is 0.366 e. The molecule has 0 aliphatic heterocycles. The molecule has 0 spiro atoms. The van der Waals surface area contributed by atoms with Gasteiger partial charge in [-0.2, -0.15) is 0 Å². The molecule has 0 atom stereocenters. The lowest BCUT2D eigenvalue weighted by Crippen LogP contribution is -2.34. The van der Waals surface area contributed by atoms with Gasteiger partial charge in [-0.25, -0.2) is 4.99 Å². The van der Waals surface area contributed by atoms with Crippen LogP contribution in [0.5, 0.6) is 0 Å². The molecule has 0 rings (SSSR count). The Morgan fingerprint density at radius 3 is 2.33 bits per heavy atom. The van der Waals surface area contributed by atoms with E-state index in [-0.39, 0.29) is 5.54 Å². The van der Waals surface area contributed by atoms with Crippen molar-refractivity contribution in [3.05, 3.63) is 24.0 Å². The topological polar surface area (TPSA) is 24.4 Å². The lowest BCUT2D eigenvalue weighted by molar-refractivity contribution is 0.471. The molecular weight excluding hydrogens is 148 g/mol. The van der Waals surface area contributed by atoms with Crippen LogP contribution < -0.4 is 5.32 Å². The van der Waals surface area contributed by atoms with E-state index in [1.165, 1.54) is 0 Å². The van der Waals surface area contributed by atoms with E-state index in [4.69, 9.17) is 0 Å². The summed E-state index contributed by atoms with van der Waals surface area (Å²) < 4.78 is 0. The zero-order valence-corrected chi connectivity index (χ0v) is 8.39. The average Bonchev–Trinajstić information content (AvgIpc) is 1.95. The van der Waals surface area contributed by atoms with Gasteiger partial charge in [0, 0.05) is 5.54 Å². The summed E-state index contributed by atoms with van der Waals surface area (Å²) in [4.78, 5) is 3.86. The van der Waals surface area contributed by atoms with Gasteiger partial charge in [-0.3, -0.25) is 0 Å². The van der Waals surface area contributed by atoms with Crippen molar-refractivity contribution >= 4 is 6.72 Å². The van der Waals surface area contributed by atoms with Crippen molar-refractivity contribution in [1.82, 2.24) is 5.32 Å². The van der Waals surface area contributed by atoms with Crippen molar-refractivity contribution in [3.8, 4) is 0 Å². The summed E-state index contributed by atoms with van der Waals surface area (Å²) in [5.41, 5.74) is 0.0363. The minimum absolute atomic E-state index is 0.0363. The second-order valence-corrected chi connectivity index (χ2v) is 3.61. The monoisotopic (exact) mass is 166 g/mol. The third-order valence-corrected chi connectivity index (χ3v) is 1.12. The maximum absolute atomic E-state index is 3.86. The number of aliphatic imine (C=N–C) groups is 1. The van der Waals surface area contributed by atoms with E-state index in [0.29, 0.717) is 0 Å². The first-order valence-electron chi connectivity index (χ1n) is 4.07. The van der Waals surface area contributed by atoms with Crippen LogP contribution in [-0.2, 0) is 0 Å². The molecule has 1 N–H and O–H groups in total. The molecule has 68 valence electrons. The van der Waals surface area contributed by atoms with Crippen LogP contribution in [0.1, 0.15) is 27.7 Å². The predicted molar refractivity (Wildman–Crippen MR) is 55.3 cm³/mol. The van der Waals surface area contributed by atoms with Crippen molar-refractivity contribution in [2.24, 2.45) is 4.99 Å². The van der Waals surface area contributed by atoms with Gasteiger partial charge in [-0.1, -0.05) is 12.2 Å². The van der Waals surface area contributed by atoms with Gasteiger partial charge in [0.25, 0.3) is 0 Å². The highest BCUT2D eigenvalue weighted by atomic mass is 15.1. The molecule has 0 unspecified atom stereocenters. The number of hydrogen-bond donors (Lipinski definition) is 1. The highest BCUT2D eigenvalue weighted by Crippen LogP contribution is 2.04. The van der Waals surface area contributed by atoms with Crippen molar-refractivity contribution in [2.45, 2.75) is 33.2 Å². The van der Waals surface area contributed by atoms with Crippen LogP contribution in [0.2, 0.25) is 0 Å². The Kier molecular flexibility index (Phi) is 4.34. The fraction of sp³-hybridized carbons (Fsp3) is 0.500. The summed E-state index contributed by atoms with van der Waals surface area (Å²) in [5, 5.41) is 3.22. The molecule has 0 aromatic carbocycles. The number of hydrogen-bond acceptors (Lipinski definition) is 2. The van der Waals surface area contributed by atoms with E-state index in [0.717, 1.165) is 5.82 Å². The fourth-order valence-electron chi connectivity index (χ4n) is 0.705. The molecule has 0 heterocycles. The van der Waals surface area contributed by atoms with Gasteiger partial charge in [0.15, 0.2) is 0 Å². The van der Waals surface area contributed by atoms with E-state index in [1.807, 2.05) is 25.2 Å². The summed E-state index contributed by atoms with van der Waals surface area (Å²) in [6.07, 6.45) is 5.79. The Morgan fingerprint density at radius 2 is 2.00 bits per heavy atom. The van der Waals surface area contributed by atoms with Crippen LogP contribution in [-0.4, -0.2) is 12.3 Å². The molecular formula is C10H18N2. The van der Waals surface area contributed by atoms with Crippen molar-refractivity contribution in [2.75, 3.05) is 0 Å². The third kappa shape index (κ3) is 5.71. The minimum atomic E-state index is 0.0363. The second-order valence-electron chi connectivity index (χ2n) is 3.61. The normalized spacial score (nSPS) is 13.5. The van der Waals surface area contributed by atoms with Gasteiger partial charge in [0.2, 0.25) is 0 Å². The van der Waals surface area contributed by atoms with Crippen LogP contribution >= 0.6 is 0 Å². The number of allylic oxidation sites excluding steroid dienone is 3. The maximum atomic E-state index is 3.86. The van der Waals surface area contributed by atoms with Crippen molar-refractivity contribution in [3.63, 3.8) is 0 Å². The van der Waals surface area contributed by atoms with Crippen molar-refractivity contribution in [1.29, 1.82) is 0 Å². The number of rotatable bonds is 3. The molecule has 0 amide bonds. The molecule has 0 aromatic rings. The van der Waals surface area contributed by atoms with Crippen LogP contribution in [0.25, 0.3) is 0 Å². The molecule has 0 aromatic heterocycles. The highest BCUT2D eigenvalue weighted by Gasteiger charge is 2.08. The van der Waals surface area contributed by atoms with Gasteiger partial charge in [0.05, 0.1) is 0 Å². The molecule has 0 radical (unpaired) electrons. The Labute approximate surface area is 75.1 Å². The average molecular weight is 166 g/mol. The zero-order valence-electron chi connectivity index (χ0n) is 8.39. The van der Waals surface area contributed by atoms with Crippen LogP contribution in [0.3, 0.4) is 0 Å². The Balaban J connectivity index is 4.28. The second kappa shape index (κ2) is 4.75. The minimum Gasteiger partial charge on any atom is -0.366 e. The first-order valence-corrected chi connectivity index (χ1v) is 4.07. The summed E-state index contributed by atoms with van der Waals surface area (Å²) >= 11 is 0. The zero-order chi connectivity index (χ0) is 9.61. The van der Waals surface area contributed by atoms with Gasteiger partial charge in [-0.05, 0) is 40.5 Å². The van der Waals surface area contributed by atoms with E-state index < -0.39 is 0 Å². The van der Waals surface area contributed by atoms with Crippen LogP contribution in [0.15, 0.2) is 29.0 Å². The predicted octanol–water partition coefficient (Wildman–Crippen LogP) is 2.49.